The highest BCUT2D eigenvalue weighted by molar-refractivity contribution is 5.79. The van der Waals surface area contributed by atoms with Crippen molar-refractivity contribution in [3.63, 3.8) is 0 Å². The minimum atomic E-state index is -0.417. The first-order chi connectivity index (χ1) is 10.5. The number of rotatable bonds is 4. The molecule has 118 valence electrons. The molecule has 0 N–H and O–H groups in total. The maximum Gasteiger partial charge on any atom is 0.308 e. The molecular weight excluding hydrogens is 284 g/mol. The maximum absolute atomic E-state index is 11.3. The molecule has 0 radical (unpaired) electrons. The van der Waals surface area contributed by atoms with Crippen molar-refractivity contribution in [2.75, 3.05) is 0 Å². The normalized spacial score (nSPS) is 15.5. The predicted octanol–water partition coefficient (Wildman–Crippen LogP) is 2.90. The number of Topliss-reactive ketones (excluding diaryl/α,β-unsaturated/α-hetero) is 1. The van der Waals surface area contributed by atoms with Crippen LogP contribution in [0.4, 0.5) is 0 Å². The topological polar surface area (TPSA) is 69.7 Å². The first-order valence-corrected chi connectivity index (χ1v) is 7.42. The number of hydrogen-bond acceptors (Lipinski definition) is 5. The van der Waals surface area contributed by atoms with E-state index in [1.807, 2.05) is 12.1 Å². The molecule has 0 unspecified atom stereocenters. The Morgan fingerprint density at radius 1 is 1.14 bits per heavy atom. The number of esters is 2. The van der Waals surface area contributed by atoms with Gasteiger partial charge in [0, 0.05) is 32.3 Å². The van der Waals surface area contributed by atoms with Gasteiger partial charge in [0.25, 0.3) is 0 Å². The van der Waals surface area contributed by atoms with E-state index in [2.05, 4.69) is 0 Å². The quantitative estimate of drug-likeness (QED) is 0.632. The molecule has 1 aliphatic carbocycles. The minimum Gasteiger partial charge on any atom is -0.461 e. The number of hydrogen-bond donors (Lipinski definition) is 0. The van der Waals surface area contributed by atoms with Gasteiger partial charge in [-0.05, 0) is 36.5 Å². The number of ether oxygens (including phenoxy) is 2. The molecule has 0 spiro atoms. The summed E-state index contributed by atoms with van der Waals surface area (Å²) < 4.78 is 10.2. The molecule has 0 heterocycles. The van der Waals surface area contributed by atoms with Gasteiger partial charge in [-0.25, -0.2) is 0 Å². The van der Waals surface area contributed by atoms with E-state index in [4.69, 9.17) is 9.47 Å². The second kappa shape index (κ2) is 7.20. The minimum absolute atomic E-state index is 0.0669. The maximum atomic E-state index is 11.3. The molecule has 22 heavy (non-hydrogen) atoms. The lowest BCUT2D eigenvalue weighted by atomic mass is 9.83. The molecule has 2 rings (SSSR count). The van der Waals surface area contributed by atoms with Crippen molar-refractivity contribution in [1.82, 2.24) is 0 Å². The van der Waals surface area contributed by atoms with Crippen LogP contribution in [0.5, 0.6) is 5.75 Å². The van der Waals surface area contributed by atoms with Gasteiger partial charge in [-0.3, -0.25) is 14.4 Å². The molecule has 0 amide bonds. The van der Waals surface area contributed by atoms with Crippen LogP contribution in [0.1, 0.15) is 56.6 Å². The fourth-order valence-electron chi connectivity index (χ4n) is 2.67. The average molecular weight is 304 g/mol. The number of carbonyl (C=O) groups is 3. The van der Waals surface area contributed by atoms with Crippen LogP contribution in [0.2, 0.25) is 0 Å². The fraction of sp³-hybridized carbons (Fsp3) is 0.471. The first kappa shape index (κ1) is 16.2. The molecule has 0 saturated heterocycles. The Morgan fingerprint density at radius 3 is 2.41 bits per heavy atom. The van der Waals surface area contributed by atoms with Crippen LogP contribution in [0.25, 0.3) is 0 Å². The summed E-state index contributed by atoms with van der Waals surface area (Å²) in [5.74, 6) is 0.236. The van der Waals surface area contributed by atoms with Gasteiger partial charge in [0.1, 0.15) is 18.1 Å². The lowest BCUT2D eigenvalue weighted by molar-refractivity contribution is -0.142. The van der Waals surface area contributed by atoms with Crippen molar-refractivity contribution >= 4 is 17.7 Å². The van der Waals surface area contributed by atoms with Gasteiger partial charge in [0.15, 0.2) is 0 Å². The van der Waals surface area contributed by atoms with Crippen molar-refractivity contribution in [2.24, 2.45) is 0 Å². The van der Waals surface area contributed by atoms with Gasteiger partial charge in [-0.15, -0.1) is 0 Å². The van der Waals surface area contributed by atoms with Crippen LogP contribution in [0, 0.1) is 0 Å². The summed E-state index contributed by atoms with van der Waals surface area (Å²) in [7, 11) is 0. The Labute approximate surface area is 129 Å². The van der Waals surface area contributed by atoms with Gasteiger partial charge >= 0.3 is 11.9 Å². The zero-order chi connectivity index (χ0) is 16.1. The van der Waals surface area contributed by atoms with E-state index < -0.39 is 5.97 Å². The van der Waals surface area contributed by atoms with Crippen molar-refractivity contribution in [1.29, 1.82) is 0 Å². The summed E-state index contributed by atoms with van der Waals surface area (Å²) in [6.45, 7) is 2.73. The highest BCUT2D eigenvalue weighted by atomic mass is 16.5. The zero-order valence-corrected chi connectivity index (χ0v) is 12.9. The number of ketones is 1. The first-order valence-electron chi connectivity index (χ1n) is 7.42. The third kappa shape index (κ3) is 4.41. The van der Waals surface area contributed by atoms with Gasteiger partial charge in [-0.1, -0.05) is 6.07 Å². The summed E-state index contributed by atoms with van der Waals surface area (Å²) in [6.07, 6.45) is 2.88. The van der Waals surface area contributed by atoms with Crippen molar-refractivity contribution in [3.05, 3.63) is 29.3 Å². The monoisotopic (exact) mass is 304 g/mol. The van der Waals surface area contributed by atoms with Crippen molar-refractivity contribution < 1.29 is 23.9 Å². The third-order valence-electron chi connectivity index (χ3n) is 3.78. The largest absolute Gasteiger partial charge is 0.461 e. The second-order valence-electron chi connectivity index (χ2n) is 5.55. The van der Waals surface area contributed by atoms with Gasteiger partial charge in [0.2, 0.25) is 0 Å². The van der Waals surface area contributed by atoms with Crippen molar-refractivity contribution in [3.8, 4) is 5.75 Å². The standard InChI is InChI=1S/C17H20O5/c1-11(18)21-10-15-9-14(5-8-17(15)22-12(2)19)13-3-6-16(20)7-4-13/h5,8-9,13H,3-4,6-7,10H2,1-2H3. The summed E-state index contributed by atoms with van der Waals surface area (Å²) >= 11 is 0. The molecule has 1 aromatic carbocycles. The molecule has 1 aliphatic rings. The number of carbonyl (C=O) groups excluding carboxylic acids is 3. The van der Waals surface area contributed by atoms with Gasteiger partial charge in [0.05, 0.1) is 0 Å². The summed E-state index contributed by atoms with van der Waals surface area (Å²) in [5.41, 5.74) is 1.75. The molecule has 5 heteroatoms. The molecule has 1 fully saturated rings. The van der Waals surface area contributed by atoms with E-state index in [1.54, 1.807) is 6.07 Å². The highest BCUT2D eigenvalue weighted by Crippen LogP contribution is 2.34. The smallest absolute Gasteiger partial charge is 0.308 e. The molecule has 0 atom stereocenters. The Bertz CT molecular complexity index is 581. The molecule has 1 saturated carbocycles. The Kier molecular flexibility index (Phi) is 5.31. The molecule has 5 nitrogen and oxygen atoms in total. The van der Waals surface area contributed by atoms with Crippen LogP contribution in [0.3, 0.4) is 0 Å². The predicted molar refractivity (Wildman–Crippen MR) is 79.4 cm³/mol. The van der Waals surface area contributed by atoms with E-state index in [0.717, 1.165) is 18.4 Å². The lowest BCUT2D eigenvalue weighted by Gasteiger charge is -2.22. The second-order valence-corrected chi connectivity index (χ2v) is 5.55. The summed E-state index contributed by atoms with van der Waals surface area (Å²) in [4.78, 5) is 33.5. The summed E-state index contributed by atoms with van der Waals surface area (Å²) in [5, 5.41) is 0. The van der Waals surface area contributed by atoms with Crippen LogP contribution in [-0.4, -0.2) is 17.7 Å². The molecular formula is C17H20O5. The van der Waals surface area contributed by atoms with E-state index in [9.17, 15) is 14.4 Å². The van der Waals surface area contributed by atoms with E-state index in [0.29, 0.717) is 35.9 Å². The zero-order valence-electron chi connectivity index (χ0n) is 12.9. The highest BCUT2D eigenvalue weighted by Gasteiger charge is 2.21. The van der Waals surface area contributed by atoms with E-state index in [-0.39, 0.29) is 12.6 Å². The molecule has 0 aliphatic heterocycles. The molecule has 0 aromatic heterocycles. The van der Waals surface area contributed by atoms with Crippen LogP contribution in [-0.2, 0) is 25.7 Å². The SMILES string of the molecule is CC(=O)OCc1cc(C2CCC(=O)CC2)ccc1OC(C)=O. The van der Waals surface area contributed by atoms with Crippen LogP contribution in [0.15, 0.2) is 18.2 Å². The van der Waals surface area contributed by atoms with E-state index >= 15 is 0 Å². The fourth-order valence-corrected chi connectivity index (χ4v) is 2.67. The van der Waals surface area contributed by atoms with Crippen LogP contribution < -0.4 is 4.74 Å². The molecule has 1 aromatic rings. The van der Waals surface area contributed by atoms with E-state index in [1.165, 1.54) is 13.8 Å². The van der Waals surface area contributed by atoms with Crippen LogP contribution >= 0.6 is 0 Å². The lowest BCUT2D eigenvalue weighted by Crippen LogP contribution is -2.13. The van der Waals surface area contributed by atoms with Crippen molar-refractivity contribution in [2.45, 2.75) is 52.1 Å². The summed E-state index contributed by atoms with van der Waals surface area (Å²) in [6, 6.07) is 5.55. The number of benzene rings is 1. The Morgan fingerprint density at radius 2 is 1.82 bits per heavy atom. The Balaban J connectivity index is 2.21. The third-order valence-corrected chi connectivity index (χ3v) is 3.78. The van der Waals surface area contributed by atoms with Gasteiger partial charge < -0.3 is 9.47 Å². The Hall–Kier alpha value is -2.17. The molecule has 0 bridgehead atoms. The average Bonchev–Trinajstić information content (AvgIpc) is 2.46. The van der Waals surface area contributed by atoms with Gasteiger partial charge in [-0.2, -0.15) is 0 Å².